The van der Waals surface area contributed by atoms with Gasteiger partial charge in [-0.2, -0.15) is 0 Å². The Labute approximate surface area is 111 Å². The van der Waals surface area contributed by atoms with Gasteiger partial charge in [0.2, 0.25) is 11.7 Å². The summed E-state index contributed by atoms with van der Waals surface area (Å²) in [7, 11) is 1.51. The second-order valence-corrected chi connectivity index (χ2v) is 4.21. The predicted octanol–water partition coefficient (Wildman–Crippen LogP) is 1.33. The first-order valence-corrected chi connectivity index (χ1v) is 6.05. The highest BCUT2D eigenvalue weighted by Gasteiger charge is 2.19. The molecule has 0 radical (unpaired) electrons. The number of hydrogen-bond acceptors (Lipinski definition) is 5. The molecule has 7 heteroatoms. The molecule has 2 N–H and O–H groups in total. The van der Waals surface area contributed by atoms with Gasteiger partial charge in [0.15, 0.2) is 5.82 Å². The Morgan fingerprint density at radius 1 is 1.42 bits per heavy atom. The summed E-state index contributed by atoms with van der Waals surface area (Å²) in [4.78, 5) is 30.0. The van der Waals surface area contributed by atoms with Crippen molar-refractivity contribution in [2.45, 2.75) is 27.4 Å². The topological polar surface area (TPSA) is 93.3 Å². The standard InChI is InChI=1S/C12H19N3O4/c1-5-19-12(17)10-13-8(6-18-4)9(14-10)15-11(16)7(2)3/h7H,5-6H2,1-4H3,(H,13,14)(H,15,16). The molecule has 1 aromatic heterocycles. The number of carbonyl (C=O) groups is 2. The number of hydrogen-bond donors (Lipinski definition) is 2. The first-order chi connectivity index (χ1) is 8.99. The van der Waals surface area contributed by atoms with Crippen LogP contribution in [0.3, 0.4) is 0 Å². The van der Waals surface area contributed by atoms with Crippen LogP contribution >= 0.6 is 0 Å². The van der Waals surface area contributed by atoms with Gasteiger partial charge in [-0.15, -0.1) is 0 Å². The Morgan fingerprint density at radius 3 is 2.63 bits per heavy atom. The van der Waals surface area contributed by atoms with Crippen LogP contribution < -0.4 is 5.32 Å². The molecular weight excluding hydrogens is 250 g/mol. The highest BCUT2D eigenvalue weighted by Crippen LogP contribution is 2.15. The van der Waals surface area contributed by atoms with E-state index in [1.165, 1.54) is 7.11 Å². The van der Waals surface area contributed by atoms with Crippen LogP contribution in [0.1, 0.15) is 37.1 Å². The Balaban J connectivity index is 2.94. The molecule has 1 heterocycles. The van der Waals surface area contributed by atoms with Crippen LogP contribution in [0.25, 0.3) is 0 Å². The van der Waals surface area contributed by atoms with E-state index < -0.39 is 5.97 Å². The van der Waals surface area contributed by atoms with Gasteiger partial charge >= 0.3 is 5.97 Å². The molecule has 7 nitrogen and oxygen atoms in total. The molecule has 0 bridgehead atoms. The second-order valence-electron chi connectivity index (χ2n) is 4.21. The zero-order chi connectivity index (χ0) is 14.4. The van der Waals surface area contributed by atoms with Crippen molar-refractivity contribution in [2.75, 3.05) is 19.0 Å². The molecule has 106 valence electrons. The largest absolute Gasteiger partial charge is 0.460 e. The molecule has 1 rings (SSSR count). The molecule has 0 saturated carbocycles. The maximum atomic E-state index is 11.7. The lowest BCUT2D eigenvalue weighted by Crippen LogP contribution is -2.19. The molecule has 19 heavy (non-hydrogen) atoms. The van der Waals surface area contributed by atoms with Crippen LogP contribution in [0.4, 0.5) is 5.82 Å². The molecule has 0 fully saturated rings. The summed E-state index contributed by atoms with van der Waals surface area (Å²) in [6, 6.07) is 0. The summed E-state index contributed by atoms with van der Waals surface area (Å²) in [6.07, 6.45) is 0. The highest BCUT2D eigenvalue weighted by atomic mass is 16.5. The molecule has 0 aliphatic carbocycles. The van der Waals surface area contributed by atoms with Crippen LogP contribution in [0, 0.1) is 5.92 Å². The van der Waals surface area contributed by atoms with Crippen molar-refractivity contribution >= 4 is 17.7 Å². The normalized spacial score (nSPS) is 10.6. The summed E-state index contributed by atoms with van der Waals surface area (Å²) in [5.74, 6) is -0.584. The van der Waals surface area contributed by atoms with E-state index in [9.17, 15) is 9.59 Å². The molecule has 0 atom stereocenters. The zero-order valence-electron chi connectivity index (χ0n) is 11.6. The van der Waals surface area contributed by atoms with Gasteiger partial charge in [0.05, 0.1) is 18.9 Å². The number of rotatable bonds is 6. The minimum absolute atomic E-state index is 0.0490. The number of imidazole rings is 1. The molecule has 1 aromatic rings. The summed E-state index contributed by atoms with van der Waals surface area (Å²) in [5.41, 5.74) is 0.527. The third-order valence-electron chi connectivity index (χ3n) is 2.30. The number of H-pyrrole nitrogens is 1. The molecule has 1 amide bonds. The third-order valence-corrected chi connectivity index (χ3v) is 2.30. The maximum absolute atomic E-state index is 11.7. The van der Waals surface area contributed by atoms with E-state index in [-0.39, 0.29) is 30.9 Å². The number of methoxy groups -OCH3 is 1. The number of nitrogens with one attached hydrogen (secondary N) is 2. The van der Waals surface area contributed by atoms with E-state index in [1.807, 2.05) is 0 Å². The van der Waals surface area contributed by atoms with Crippen LogP contribution in [-0.2, 0) is 20.9 Å². The average molecular weight is 269 g/mol. The highest BCUT2D eigenvalue weighted by molar-refractivity contribution is 5.93. The van der Waals surface area contributed by atoms with Gasteiger partial charge in [-0.3, -0.25) is 4.79 Å². The fourth-order valence-corrected chi connectivity index (χ4v) is 1.32. The third kappa shape index (κ3) is 4.06. The summed E-state index contributed by atoms with van der Waals surface area (Å²) < 4.78 is 9.83. The molecule has 0 aliphatic rings. The van der Waals surface area contributed by atoms with Crippen LogP contribution in [0.15, 0.2) is 0 Å². The van der Waals surface area contributed by atoms with E-state index in [1.54, 1.807) is 20.8 Å². The first kappa shape index (κ1) is 15.2. The number of amides is 1. The average Bonchev–Trinajstić information content (AvgIpc) is 2.73. The number of anilines is 1. The van der Waals surface area contributed by atoms with Crippen molar-refractivity contribution < 1.29 is 19.1 Å². The number of ether oxygens (including phenoxy) is 2. The van der Waals surface area contributed by atoms with Gasteiger partial charge in [0, 0.05) is 13.0 Å². The first-order valence-electron chi connectivity index (χ1n) is 6.05. The molecular formula is C12H19N3O4. The molecule has 0 aromatic carbocycles. The summed E-state index contributed by atoms with van der Waals surface area (Å²) in [6.45, 7) is 5.71. The van der Waals surface area contributed by atoms with Gasteiger partial charge < -0.3 is 19.8 Å². The molecule has 0 aliphatic heterocycles. The lowest BCUT2D eigenvalue weighted by atomic mass is 10.2. The second kappa shape index (κ2) is 6.89. The van der Waals surface area contributed by atoms with Gasteiger partial charge in [-0.1, -0.05) is 13.8 Å². The SMILES string of the molecule is CCOC(=O)c1nc(NC(=O)C(C)C)c(COC)[nH]1. The van der Waals surface area contributed by atoms with Gasteiger partial charge in [0.1, 0.15) is 0 Å². The molecule has 0 spiro atoms. The van der Waals surface area contributed by atoms with Crippen molar-refractivity contribution in [2.24, 2.45) is 5.92 Å². The Hall–Kier alpha value is -1.89. The van der Waals surface area contributed by atoms with Gasteiger partial charge in [-0.05, 0) is 6.92 Å². The van der Waals surface area contributed by atoms with E-state index in [0.29, 0.717) is 11.5 Å². The number of carbonyl (C=O) groups excluding carboxylic acids is 2. The Bertz CT molecular complexity index is 454. The van der Waals surface area contributed by atoms with E-state index in [0.717, 1.165) is 0 Å². The van der Waals surface area contributed by atoms with Crippen molar-refractivity contribution in [1.29, 1.82) is 0 Å². The van der Waals surface area contributed by atoms with Crippen molar-refractivity contribution in [3.05, 3.63) is 11.5 Å². The number of nitrogens with zero attached hydrogens (tertiary/aromatic N) is 1. The van der Waals surface area contributed by atoms with E-state index in [2.05, 4.69) is 15.3 Å². The maximum Gasteiger partial charge on any atom is 0.374 e. The Morgan fingerprint density at radius 2 is 2.11 bits per heavy atom. The van der Waals surface area contributed by atoms with Crippen LogP contribution in [0.2, 0.25) is 0 Å². The summed E-state index contributed by atoms with van der Waals surface area (Å²) in [5, 5.41) is 2.64. The monoisotopic (exact) mass is 269 g/mol. The van der Waals surface area contributed by atoms with Gasteiger partial charge in [-0.25, -0.2) is 9.78 Å². The fraction of sp³-hybridized carbons (Fsp3) is 0.583. The lowest BCUT2D eigenvalue weighted by Gasteiger charge is -2.06. The minimum Gasteiger partial charge on any atom is -0.460 e. The quantitative estimate of drug-likeness (QED) is 0.760. The van der Waals surface area contributed by atoms with Crippen molar-refractivity contribution in [3.63, 3.8) is 0 Å². The minimum atomic E-state index is -0.565. The van der Waals surface area contributed by atoms with Gasteiger partial charge in [0.25, 0.3) is 0 Å². The number of esters is 1. The van der Waals surface area contributed by atoms with Crippen molar-refractivity contribution in [3.8, 4) is 0 Å². The smallest absolute Gasteiger partial charge is 0.374 e. The molecule has 0 saturated heterocycles. The van der Waals surface area contributed by atoms with Crippen LogP contribution in [0.5, 0.6) is 0 Å². The number of aromatic nitrogens is 2. The number of aromatic amines is 1. The predicted molar refractivity (Wildman–Crippen MR) is 68.7 cm³/mol. The lowest BCUT2D eigenvalue weighted by molar-refractivity contribution is -0.118. The van der Waals surface area contributed by atoms with Crippen LogP contribution in [-0.4, -0.2) is 35.6 Å². The van der Waals surface area contributed by atoms with Crippen molar-refractivity contribution in [1.82, 2.24) is 9.97 Å². The molecule has 0 unspecified atom stereocenters. The van der Waals surface area contributed by atoms with E-state index in [4.69, 9.17) is 9.47 Å². The Kier molecular flexibility index (Phi) is 5.50. The summed E-state index contributed by atoms with van der Waals surface area (Å²) >= 11 is 0. The zero-order valence-corrected chi connectivity index (χ0v) is 11.6. The van der Waals surface area contributed by atoms with E-state index >= 15 is 0 Å². The fourth-order valence-electron chi connectivity index (χ4n) is 1.32.